The second-order valence-corrected chi connectivity index (χ2v) is 6.86. The van der Waals surface area contributed by atoms with Gasteiger partial charge in [0.15, 0.2) is 0 Å². The Kier molecular flexibility index (Phi) is 5.74. The summed E-state index contributed by atoms with van der Waals surface area (Å²) in [4.78, 5) is -0.231. The van der Waals surface area contributed by atoms with Crippen molar-refractivity contribution >= 4 is 15.9 Å². The molecule has 2 rings (SSSR count). The Bertz CT molecular complexity index is 881. The Labute approximate surface area is 141 Å². The van der Waals surface area contributed by atoms with Gasteiger partial charge in [0.05, 0.1) is 18.6 Å². The van der Waals surface area contributed by atoms with Crippen molar-refractivity contribution < 1.29 is 17.9 Å². The first-order valence-corrected chi connectivity index (χ1v) is 8.59. The summed E-state index contributed by atoms with van der Waals surface area (Å²) in [6.07, 6.45) is 1.35. The van der Waals surface area contributed by atoms with Gasteiger partial charge in [0.2, 0.25) is 9.84 Å². The molecule has 6 heteroatoms. The molecule has 0 N–H and O–H groups in total. The van der Waals surface area contributed by atoms with E-state index in [1.54, 1.807) is 56.7 Å². The van der Waals surface area contributed by atoms with Crippen LogP contribution in [0.1, 0.15) is 11.1 Å². The Morgan fingerprint density at radius 3 is 2.46 bits per heavy atom. The number of nitrogens with zero attached hydrogens (tertiary/aromatic N) is 1. The van der Waals surface area contributed by atoms with Crippen LogP contribution in [0.4, 0.5) is 0 Å². The van der Waals surface area contributed by atoms with E-state index in [9.17, 15) is 13.7 Å². The Morgan fingerprint density at radius 1 is 1.17 bits per heavy atom. The largest absolute Gasteiger partial charge is 0.496 e. The minimum Gasteiger partial charge on any atom is -0.496 e. The average molecular weight is 343 g/mol. The molecule has 2 aromatic carbocycles. The van der Waals surface area contributed by atoms with E-state index < -0.39 is 9.84 Å². The summed E-state index contributed by atoms with van der Waals surface area (Å²) < 4.78 is 35.5. The summed E-state index contributed by atoms with van der Waals surface area (Å²) in [7, 11) is -0.748. The Balaban J connectivity index is 2.48. The van der Waals surface area contributed by atoms with Crippen LogP contribution in [-0.2, 0) is 21.2 Å². The first-order valence-electron chi connectivity index (χ1n) is 7.10. The zero-order valence-corrected chi connectivity index (χ0v) is 14.2. The number of sulfone groups is 1. The van der Waals surface area contributed by atoms with Gasteiger partial charge in [0.25, 0.3) is 0 Å². The molecule has 0 radical (unpaired) electrons. The third kappa shape index (κ3) is 3.82. The SMILES string of the molecule is COCc1cc(/C=C(/C#N)S(=O)(=O)c2ccccc2)ccc1OC. The second kappa shape index (κ2) is 7.77. The quantitative estimate of drug-likeness (QED) is 0.753. The second-order valence-electron chi connectivity index (χ2n) is 4.94. The maximum Gasteiger partial charge on any atom is 0.216 e. The lowest BCUT2D eigenvalue weighted by molar-refractivity contribution is 0.181. The number of ether oxygens (including phenoxy) is 2. The molecule has 0 saturated heterocycles. The number of nitriles is 1. The summed E-state index contributed by atoms with van der Waals surface area (Å²) in [6.45, 7) is 0.318. The van der Waals surface area contributed by atoms with Gasteiger partial charge in [-0.1, -0.05) is 24.3 Å². The van der Waals surface area contributed by atoms with E-state index in [1.807, 2.05) is 0 Å². The zero-order chi connectivity index (χ0) is 17.6. The average Bonchev–Trinajstić information content (AvgIpc) is 2.60. The van der Waals surface area contributed by atoms with Crippen LogP contribution in [0.15, 0.2) is 58.3 Å². The van der Waals surface area contributed by atoms with Gasteiger partial charge in [0.1, 0.15) is 16.7 Å². The van der Waals surface area contributed by atoms with Gasteiger partial charge in [-0.3, -0.25) is 0 Å². The molecule has 0 heterocycles. The minimum absolute atomic E-state index is 0.0865. The Hall–Kier alpha value is -2.62. The fourth-order valence-corrected chi connectivity index (χ4v) is 3.39. The molecule has 0 aliphatic rings. The third-order valence-electron chi connectivity index (χ3n) is 3.36. The van der Waals surface area contributed by atoms with Gasteiger partial charge in [0, 0.05) is 12.7 Å². The number of benzene rings is 2. The van der Waals surface area contributed by atoms with Crippen molar-refractivity contribution in [3.63, 3.8) is 0 Å². The van der Waals surface area contributed by atoms with Gasteiger partial charge in [-0.2, -0.15) is 5.26 Å². The molecule has 0 aliphatic carbocycles. The van der Waals surface area contributed by atoms with Crippen molar-refractivity contribution in [2.45, 2.75) is 11.5 Å². The van der Waals surface area contributed by atoms with E-state index in [1.165, 1.54) is 18.2 Å². The Morgan fingerprint density at radius 2 is 1.88 bits per heavy atom. The maximum absolute atomic E-state index is 12.6. The highest BCUT2D eigenvalue weighted by molar-refractivity contribution is 7.95. The van der Waals surface area contributed by atoms with Gasteiger partial charge in [-0.25, -0.2) is 8.42 Å². The first kappa shape index (κ1) is 17.7. The lowest BCUT2D eigenvalue weighted by atomic mass is 10.1. The predicted molar refractivity (Wildman–Crippen MR) is 90.9 cm³/mol. The van der Waals surface area contributed by atoms with Crippen LogP contribution < -0.4 is 4.74 Å². The molecule has 0 amide bonds. The maximum atomic E-state index is 12.6. The molecule has 0 saturated carbocycles. The number of rotatable bonds is 6. The molecular weight excluding hydrogens is 326 g/mol. The molecule has 0 unspecified atom stereocenters. The van der Waals surface area contributed by atoms with Crippen LogP contribution in [0.5, 0.6) is 5.75 Å². The molecule has 24 heavy (non-hydrogen) atoms. The number of hydrogen-bond donors (Lipinski definition) is 0. The van der Waals surface area contributed by atoms with Gasteiger partial charge in [-0.05, 0) is 35.9 Å². The number of methoxy groups -OCH3 is 2. The summed E-state index contributed by atoms with van der Waals surface area (Å²) in [5, 5.41) is 9.31. The van der Waals surface area contributed by atoms with E-state index in [2.05, 4.69) is 0 Å². The topological polar surface area (TPSA) is 76.4 Å². The van der Waals surface area contributed by atoms with Crippen LogP contribution in [0.3, 0.4) is 0 Å². The minimum atomic E-state index is -3.85. The smallest absolute Gasteiger partial charge is 0.216 e. The molecule has 0 aliphatic heterocycles. The highest BCUT2D eigenvalue weighted by atomic mass is 32.2. The van der Waals surface area contributed by atoms with E-state index in [0.29, 0.717) is 17.9 Å². The van der Waals surface area contributed by atoms with Crippen LogP contribution in [0, 0.1) is 11.3 Å². The van der Waals surface area contributed by atoms with E-state index >= 15 is 0 Å². The van der Waals surface area contributed by atoms with Gasteiger partial charge >= 0.3 is 0 Å². The molecule has 0 atom stereocenters. The molecule has 0 aromatic heterocycles. The van der Waals surface area contributed by atoms with Crippen LogP contribution in [0.25, 0.3) is 6.08 Å². The molecule has 0 fully saturated rings. The zero-order valence-electron chi connectivity index (χ0n) is 13.4. The van der Waals surface area contributed by atoms with Crippen LogP contribution in [-0.4, -0.2) is 22.6 Å². The van der Waals surface area contributed by atoms with Crippen molar-refractivity contribution in [1.82, 2.24) is 0 Å². The molecule has 124 valence electrons. The summed E-state index contributed by atoms with van der Waals surface area (Å²) in [6, 6.07) is 14.8. The standard InChI is InChI=1S/C18H17NO4S/c1-22-13-15-10-14(8-9-18(15)23-2)11-17(12-19)24(20,21)16-6-4-3-5-7-16/h3-11H,13H2,1-2H3/b17-11-. The lowest BCUT2D eigenvalue weighted by Gasteiger charge is -2.09. The van der Waals surface area contributed by atoms with Crippen molar-refractivity contribution in [2.75, 3.05) is 14.2 Å². The fraction of sp³-hybridized carbons (Fsp3) is 0.167. The van der Waals surface area contributed by atoms with Gasteiger partial charge < -0.3 is 9.47 Å². The first-order chi connectivity index (χ1) is 11.5. The highest BCUT2D eigenvalue weighted by Gasteiger charge is 2.20. The van der Waals surface area contributed by atoms with Gasteiger partial charge in [-0.15, -0.1) is 0 Å². The normalized spacial score (nSPS) is 11.8. The summed E-state index contributed by atoms with van der Waals surface area (Å²) in [5.41, 5.74) is 1.35. The van der Waals surface area contributed by atoms with E-state index in [4.69, 9.17) is 9.47 Å². The fourth-order valence-electron chi connectivity index (χ4n) is 2.20. The third-order valence-corrected chi connectivity index (χ3v) is 5.04. The summed E-state index contributed by atoms with van der Waals surface area (Å²) in [5.74, 6) is 0.637. The number of allylic oxidation sites excluding steroid dienone is 1. The predicted octanol–water partition coefficient (Wildman–Crippen LogP) is 3.18. The summed E-state index contributed by atoms with van der Waals surface area (Å²) >= 11 is 0. The van der Waals surface area contributed by atoms with Crippen LogP contribution in [0.2, 0.25) is 0 Å². The van der Waals surface area contributed by atoms with E-state index in [-0.39, 0.29) is 9.80 Å². The molecule has 0 bridgehead atoms. The van der Waals surface area contributed by atoms with E-state index in [0.717, 1.165) is 5.56 Å². The van der Waals surface area contributed by atoms with Crippen molar-refractivity contribution in [3.05, 3.63) is 64.6 Å². The van der Waals surface area contributed by atoms with Crippen molar-refractivity contribution in [3.8, 4) is 11.8 Å². The molecule has 5 nitrogen and oxygen atoms in total. The van der Waals surface area contributed by atoms with Crippen molar-refractivity contribution in [1.29, 1.82) is 5.26 Å². The molecular formula is C18H17NO4S. The lowest BCUT2D eigenvalue weighted by Crippen LogP contribution is -2.03. The van der Waals surface area contributed by atoms with Crippen molar-refractivity contribution in [2.24, 2.45) is 0 Å². The van der Waals surface area contributed by atoms with Crippen LogP contribution >= 0.6 is 0 Å². The number of hydrogen-bond acceptors (Lipinski definition) is 5. The highest BCUT2D eigenvalue weighted by Crippen LogP contribution is 2.25. The monoisotopic (exact) mass is 343 g/mol. The molecule has 2 aromatic rings. The molecule has 0 spiro atoms.